The zero-order valence-corrected chi connectivity index (χ0v) is 10.7. The number of thiophene rings is 1. The van der Waals surface area contributed by atoms with Gasteiger partial charge in [0.2, 0.25) is 5.91 Å². The quantitative estimate of drug-likeness (QED) is 0.867. The number of amides is 1. The zero-order valence-electron chi connectivity index (χ0n) is 9.07. The van der Waals surface area contributed by atoms with Crippen LogP contribution in [0.2, 0.25) is 0 Å². The van der Waals surface area contributed by atoms with Gasteiger partial charge < -0.3 is 10.6 Å². The first-order valence-corrected chi connectivity index (χ1v) is 6.30. The molecule has 1 fully saturated rings. The molecule has 5 heteroatoms. The van der Waals surface area contributed by atoms with Crippen LogP contribution in [-0.4, -0.2) is 25.0 Å². The van der Waals surface area contributed by atoms with E-state index in [4.69, 9.17) is 0 Å². The molecule has 1 aromatic heterocycles. The summed E-state index contributed by atoms with van der Waals surface area (Å²) in [6.45, 7) is 1.99. The Morgan fingerprint density at radius 1 is 1.62 bits per heavy atom. The van der Waals surface area contributed by atoms with Crippen molar-refractivity contribution < 1.29 is 4.79 Å². The summed E-state index contributed by atoms with van der Waals surface area (Å²) in [4.78, 5) is 11.6. The van der Waals surface area contributed by atoms with E-state index >= 15 is 0 Å². The minimum atomic E-state index is 0. The largest absolute Gasteiger partial charge is 0.352 e. The summed E-state index contributed by atoms with van der Waals surface area (Å²) < 4.78 is 0. The van der Waals surface area contributed by atoms with E-state index in [0.29, 0.717) is 12.5 Å². The van der Waals surface area contributed by atoms with Crippen molar-refractivity contribution in [3.05, 3.63) is 22.4 Å². The van der Waals surface area contributed by atoms with E-state index in [2.05, 4.69) is 10.6 Å². The SMILES string of the molecule is Cl.O=C(Cc1ccsc1)N[C@@H]1CCCNC1. The van der Waals surface area contributed by atoms with Crippen LogP contribution in [0, 0.1) is 0 Å². The summed E-state index contributed by atoms with van der Waals surface area (Å²) in [5.41, 5.74) is 1.11. The number of carbonyl (C=O) groups is 1. The third-order valence-corrected chi connectivity index (χ3v) is 3.34. The van der Waals surface area contributed by atoms with Crippen LogP contribution in [0.15, 0.2) is 16.8 Å². The molecular formula is C11H17ClN2OS. The number of rotatable bonds is 3. The van der Waals surface area contributed by atoms with Crippen LogP contribution in [0.5, 0.6) is 0 Å². The van der Waals surface area contributed by atoms with E-state index in [1.54, 1.807) is 11.3 Å². The van der Waals surface area contributed by atoms with Crippen LogP contribution in [0.25, 0.3) is 0 Å². The lowest BCUT2D eigenvalue weighted by atomic mass is 10.1. The van der Waals surface area contributed by atoms with Gasteiger partial charge in [0.1, 0.15) is 0 Å². The Hall–Kier alpha value is -0.580. The maximum absolute atomic E-state index is 11.6. The summed E-state index contributed by atoms with van der Waals surface area (Å²) >= 11 is 1.64. The van der Waals surface area contributed by atoms with Crippen molar-refractivity contribution in [2.75, 3.05) is 13.1 Å². The fourth-order valence-electron chi connectivity index (χ4n) is 1.83. The number of halogens is 1. The molecule has 0 unspecified atom stereocenters. The van der Waals surface area contributed by atoms with Crippen LogP contribution >= 0.6 is 23.7 Å². The first kappa shape index (κ1) is 13.5. The van der Waals surface area contributed by atoms with Gasteiger partial charge in [-0.15, -0.1) is 12.4 Å². The molecule has 16 heavy (non-hydrogen) atoms. The molecule has 90 valence electrons. The molecular weight excluding hydrogens is 244 g/mol. The van der Waals surface area contributed by atoms with E-state index < -0.39 is 0 Å². The number of hydrogen-bond donors (Lipinski definition) is 2. The van der Waals surface area contributed by atoms with Crippen molar-refractivity contribution in [3.63, 3.8) is 0 Å². The van der Waals surface area contributed by atoms with Gasteiger partial charge in [0, 0.05) is 12.6 Å². The Kier molecular flexibility index (Phi) is 5.80. The van der Waals surface area contributed by atoms with Gasteiger partial charge in [-0.05, 0) is 41.8 Å². The molecule has 0 saturated carbocycles. The molecule has 3 nitrogen and oxygen atoms in total. The topological polar surface area (TPSA) is 41.1 Å². The first-order chi connectivity index (χ1) is 7.34. The molecule has 2 N–H and O–H groups in total. The van der Waals surface area contributed by atoms with Crippen molar-refractivity contribution in [3.8, 4) is 0 Å². The highest BCUT2D eigenvalue weighted by atomic mass is 35.5. The van der Waals surface area contributed by atoms with Crippen LogP contribution in [0.1, 0.15) is 18.4 Å². The van der Waals surface area contributed by atoms with E-state index in [1.807, 2.05) is 16.8 Å². The van der Waals surface area contributed by atoms with Gasteiger partial charge in [0.05, 0.1) is 6.42 Å². The molecule has 1 aliphatic heterocycles. The summed E-state index contributed by atoms with van der Waals surface area (Å²) in [7, 11) is 0. The number of hydrogen-bond acceptors (Lipinski definition) is 3. The molecule has 1 atom stereocenters. The molecule has 1 aromatic rings. The van der Waals surface area contributed by atoms with Gasteiger partial charge in [-0.3, -0.25) is 4.79 Å². The molecule has 2 rings (SSSR count). The lowest BCUT2D eigenvalue weighted by Crippen LogP contribution is -2.46. The van der Waals surface area contributed by atoms with Gasteiger partial charge in [0.25, 0.3) is 0 Å². The molecule has 0 spiro atoms. The number of piperidine rings is 1. The third-order valence-electron chi connectivity index (χ3n) is 2.61. The lowest BCUT2D eigenvalue weighted by Gasteiger charge is -2.23. The first-order valence-electron chi connectivity index (χ1n) is 5.36. The minimum Gasteiger partial charge on any atom is -0.352 e. The van der Waals surface area contributed by atoms with Crippen molar-refractivity contribution in [2.45, 2.75) is 25.3 Å². The van der Waals surface area contributed by atoms with Crippen LogP contribution in [-0.2, 0) is 11.2 Å². The van der Waals surface area contributed by atoms with Gasteiger partial charge in [-0.2, -0.15) is 11.3 Å². The summed E-state index contributed by atoms with van der Waals surface area (Å²) in [5.74, 6) is 0.141. The Morgan fingerprint density at radius 3 is 3.12 bits per heavy atom. The summed E-state index contributed by atoms with van der Waals surface area (Å²) in [6, 6.07) is 2.33. The van der Waals surface area contributed by atoms with Crippen LogP contribution < -0.4 is 10.6 Å². The monoisotopic (exact) mass is 260 g/mol. The zero-order chi connectivity index (χ0) is 10.5. The van der Waals surface area contributed by atoms with Crippen molar-refractivity contribution in [2.24, 2.45) is 0 Å². The Bertz CT molecular complexity index is 310. The van der Waals surface area contributed by atoms with E-state index in [9.17, 15) is 4.79 Å². The predicted molar refractivity (Wildman–Crippen MR) is 69.3 cm³/mol. The molecule has 1 amide bonds. The molecule has 0 aliphatic carbocycles. The van der Waals surface area contributed by atoms with Crippen LogP contribution in [0.4, 0.5) is 0 Å². The fraction of sp³-hybridized carbons (Fsp3) is 0.545. The van der Waals surface area contributed by atoms with Gasteiger partial charge in [0.15, 0.2) is 0 Å². The minimum absolute atomic E-state index is 0. The second-order valence-corrected chi connectivity index (χ2v) is 4.70. The molecule has 0 radical (unpaired) electrons. The molecule has 1 aliphatic rings. The van der Waals surface area contributed by atoms with E-state index in [0.717, 1.165) is 31.5 Å². The summed E-state index contributed by atoms with van der Waals surface area (Å²) in [6.07, 6.45) is 2.77. The highest BCUT2D eigenvalue weighted by Gasteiger charge is 2.15. The average Bonchev–Trinajstić information content (AvgIpc) is 2.71. The van der Waals surface area contributed by atoms with E-state index in [-0.39, 0.29) is 18.3 Å². The maximum Gasteiger partial charge on any atom is 0.224 e. The molecule has 1 saturated heterocycles. The Balaban J connectivity index is 0.00000128. The Morgan fingerprint density at radius 2 is 2.50 bits per heavy atom. The van der Waals surface area contributed by atoms with Gasteiger partial charge in [-0.25, -0.2) is 0 Å². The predicted octanol–water partition coefficient (Wildman–Crippen LogP) is 1.58. The van der Waals surface area contributed by atoms with Crippen molar-refractivity contribution >= 4 is 29.7 Å². The smallest absolute Gasteiger partial charge is 0.224 e. The Labute approximate surface area is 106 Å². The maximum atomic E-state index is 11.6. The highest BCUT2D eigenvalue weighted by Crippen LogP contribution is 2.07. The van der Waals surface area contributed by atoms with Crippen molar-refractivity contribution in [1.82, 2.24) is 10.6 Å². The number of carbonyl (C=O) groups excluding carboxylic acids is 1. The van der Waals surface area contributed by atoms with Gasteiger partial charge in [-0.1, -0.05) is 0 Å². The molecule has 0 bridgehead atoms. The van der Waals surface area contributed by atoms with Crippen LogP contribution in [0.3, 0.4) is 0 Å². The third kappa shape index (κ3) is 4.12. The average molecular weight is 261 g/mol. The van der Waals surface area contributed by atoms with Gasteiger partial charge >= 0.3 is 0 Å². The molecule has 2 heterocycles. The normalized spacial score (nSPS) is 19.9. The lowest BCUT2D eigenvalue weighted by molar-refractivity contribution is -0.121. The van der Waals surface area contributed by atoms with E-state index in [1.165, 1.54) is 0 Å². The second-order valence-electron chi connectivity index (χ2n) is 3.92. The number of nitrogens with one attached hydrogen (secondary N) is 2. The van der Waals surface area contributed by atoms with Crippen molar-refractivity contribution in [1.29, 1.82) is 0 Å². The fourth-order valence-corrected chi connectivity index (χ4v) is 2.50. The highest BCUT2D eigenvalue weighted by molar-refractivity contribution is 7.07. The summed E-state index contributed by atoms with van der Waals surface area (Å²) in [5, 5.41) is 10.4. The second kappa shape index (κ2) is 6.89. The molecule has 0 aromatic carbocycles. The standard InChI is InChI=1S/C11H16N2OS.ClH/c14-11(6-9-3-5-15-8-9)13-10-2-1-4-12-7-10;/h3,5,8,10,12H,1-2,4,6-7H2,(H,13,14);1H/t10-;/m1./s1.